The van der Waals surface area contributed by atoms with Gasteiger partial charge in [0, 0.05) is 13.6 Å². The van der Waals surface area contributed by atoms with E-state index in [1.165, 1.54) is 32.1 Å². The molecule has 0 spiro atoms. The summed E-state index contributed by atoms with van der Waals surface area (Å²) in [5.74, 6) is 2.23. The van der Waals surface area contributed by atoms with Gasteiger partial charge in [0.1, 0.15) is 0 Å². The lowest BCUT2D eigenvalue weighted by molar-refractivity contribution is 0.234. The first-order valence-electron chi connectivity index (χ1n) is 7.43. The standard InChI is InChI=1S/C14H27BrSi/c1-2-9-16-10-7-13(8-11-16)12-3-5-14(15)6-4-12/h12-14,16H,2-11H2,1H3. The summed E-state index contributed by atoms with van der Waals surface area (Å²) in [6, 6.07) is 4.97. The number of halogens is 1. The average Bonchev–Trinajstić information content (AvgIpc) is 2.32. The molecule has 1 aliphatic heterocycles. The third-order valence-corrected chi connectivity index (χ3v) is 9.57. The van der Waals surface area contributed by atoms with Crippen LogP contribution in [-0.2, 0) is 0 Å². The first kappa shape index (κ1) is 13.1. The second kappa shape index (κ2) is 6.58. The Morgan fingerprint density at radius 3 is 2.06 bits per heavy atom. The van der Waals surface area contributed by atoms with Crippen LogP contribution in [0.15, 0.2) is 0 Å². The number of hydrogen-bond acceptors (Lipinski definition) is 0. The Hall–Kier alpha value is 0.697. The van der Waals surface area contributed by atoms with Crippen LogP contribution in [0.4, 0.5) is 0 Å². The van der Waals surface area contributed by atoms with Crippen molar-refractivity contribution in [1.82, 2.24) is 0 Å². The molecule has 0 bridgehead atoms. The zero-order valence-corrected chi connectivity index (χ0v) is 13.5. The molecule has 0 aromatic heterocycles. The molecular formula is C14H27BrSi. The molecule has 0 amide bonds. The molecule has 0 aromatic carbocycles. The van der Waals surface area contributed by atoms with E-state index >= 15 is 0 Å². The Labute approximate surface area is 111 Å². The maximum Gasteiger partial charge on any atom is 0.0367 e. The fourth-order valence-corrected chi connectivity index (χ4v) is 7.92. The van der Waals surface area contributed by atoms with Crippen molar-refractivity contribution in [2.45, 2.75) is 74.8 Å². The highest BCUT2D eigenvalue weighted by atomic mass is 79.9. The fraction of sp³-hybridized carbons (Fsp3) is 1.00. The highest BCUT2D eigenvalue weighted by Crippen LogP contribution is 2.40. The second-order valence-electron chi connectivity index (χ2n) is 6.08. The molecule has 0 radical (unpaired) electrons. The Balaban J connectivity index is 1.72. The summed E-state index contributed by atoms with van der Waals surface area (Å²) in [5, 5.41) is 0. The molecule has 1 aliphatic carbocycles. The molecule has 0 unspecified atom stereocenters. The van der Waals surface area contributed by atoms with Gasteiger partial charge in [-0.2, -0.15) is 0 Å². The molecular weight excluding hydrogens is 276 g/mol. The molecule has 2 fully saturated rings. The Morgan fingerprint density at radius 2 is 1.50 bits per heavy atom. The van der Waals surface area contributed by atoms with Gasteiger partial charge in [0.15, 0.2) is 0 Å². The molecule has 2 heteroatoms. The summed E-state index contributed by atoms with van der Waals surface area (Å²) < 4.78 is 0. The molecule has 2 aliphatic rings. The number of rotatable bonds is 3. The van der Waals surface area contributed by atoms with Gasteiger partial charge in [-0.15, -0.1) is 0 Å². The van der Waals surface area contributed by atoms with Crippen LogP contribution in [0.25, 0.3) is 0 Å². The van der Waals surface area contributed by atoms with Crippen molar-refractivity contribution in [2.24, 2.45) is 11.8 Å². The minimum Gasteiger partial charge on any atom is -0.0891 e. The Bertz CT molecular complexity index is 191. The van der Waals surface area contributed by atoms with Crippen LogP contribution in [0.1, 0.15) is 51.9 Å². The highest BCUT2D eigenvalue weighted by molar-refractivity contribution is 9.09. The van der Waals surface area contributed by atoms with Crippen molar-refractivity contribution in [3.8, 4) is 0 Å². The number of hydrogen-bond donors (Lipinski definition) is 0. The van der Waals surface area contributed by atoms with Gasteiger partial charge >= 0.3 is 0 Å². The van der Waals surface area contributed by atoms with E-state index in [0.717, 1.165) is 16.7 Å². The third-order valence-electron chi connectivity index (χ3n) is 4.96. The molecule has 1 saturated heterocycles. The molecule has 94 valence electrons. The van der Waals surface area contributed by atoms with E-state index in [1.807, 2.05) is 0 Å². The van der Waals surface area contributed by atoms with Gasteiger partial charge in [0.05, 0.1) is 0 Å². The zero-order valence-electron chi connectivity index (χ0n) is 10.8. The molecule has 16 heavy (non-hydrogen) atoms. The van der Waals surface area contributed by atoms with Crippen molar-refractivity contribution in [3.63, 3.8) is 0 Å². The van der Waals surface area contributed by atoms with Crippen LogP contribution in [0.5, 0.6) is 0 Å². The summed E-state index contributed by atoms with van der Waals surface area (Å²) in [4.78, 5) is 0.842. The Kier molecular flexibility index (Phi) is 5.40. The van der Waals surface area contributed by atoms with E-state index in [1.54, 1.807) is 31.0 Å². The lowest BCUT2D eigenvalue weighted by Crippen LogP contribution is -2.28. The molecule has 0 nitrogen and oxygen atoms in total. The smallest absolute Gasteiger partial charge is 0.0367 e. The SMILES string of the molecule is CCC[SiH]1CCC(C2CCC(Br)CC2)CC1. The highest BCUT2D eigenvalue weighted by Gasteiger charge is 2.30. The molecule has 1 heterocycles. The monoisotopic (exact) mass is 302 g/mol. The normalized spacial score (nSPS) is 40.9. The van der Waals surface area contributed by atoms with Crippen LogP contribution in [0.3, 0.4) is 0 Å². The van der Waals surface area contributed by atoms with Crippen LogP contribution >= 0.6 is 15.9 Å². The Morgan fingerprint density at radius 1 is 0.938 bits per heavy atom. The van der Waals surface area contributed by atoms with Crippen molar-refractivity contribution >= 4 is 24.7 Å². The molecule has 0 aromatic rings. The topological polar surface area (TPSA) is 0 Å². The van der Waals surface area contributed by atoms with Gasteiger partial charge in [-0.1, -0.05) is 60.2 Å². The van der Waals surface area contributed by atoms with Gasteiger partial charge in [0.25, 0.3) is 0 Å². The second-order valence-corrected chi connectivity index (χ2v) is 10.8. The van der Waals surface area contributed by atoms with Gasteiger partial charge in [-0.05, 0) is 37.5 Å². The van der Waals surface area contributed by atoms with Gasteiger partial charge in [0.2, 0.25) is 0 Å². The van der Waals surface area contributed by atoms with Crippen molar-refractivity contribution in [2.75, 3.05) is 0 Å². The zero-order chi connectivity index (χ0) is 11.4. The first-order valence-corrected chi connectivity index (χ1v) is 10.8. The van der Waals surface area contributed by atoms with Crippen LogP contribution in [0.2, 0.25) is 18.1 Å². The minimum absolute atomic E-state index is 0.241. The average molecular weight is 303 g/mol. The summed E-state index contributed by atoms with van der Waals surface area (Å²) >= 11 is 3.78. The van der Waals surface area contributed by atoms with E-state index in [9.17, 15) is 0 Å². The quantitative estimate of drug-likeness (QED) is 0.509. The summed E-state index contributed by atoms with van der Waals surface area (Å²) in [6.45, 7) is 2.37. The van der Waals surface area contributed by atoms with E-state index in [2.05, 4.69) is 22.9 Å². The largest absolute Gasteiger partial charge is 0.0891 e. The van der Waals surface area contributed by atoms with E-state index < -0.39 is 0 Å². The maximum atomic E-state index is 3.78. The fourth-order valence-electron chi connectivity index (χ4n) is 3.91. The van der Waals surface area contributed by atoms with E-state index in [-0.39, 0.29) is 8.80 Å². The maximum absolute atomic E-state index is 3.78. The van der Waals surface area contributed by atoms with E-state index in [4.69, 9.17) is 0 Å². The van der Waals surface area contributed by atoms with Crippen molar-refractivity contribution in [1.29, 1.82) is 0 Å². The van der Waals surface area contributed by atoms with Crippen LogP contribution in [0, 0.1) is 11.8 Å². The van der Waals surface area contributed by atoms with Crippen molar-refractivity contribution in [3.05, 3.63) is 0 Å². The number of alkyl halides is 1. The predicted molar refractivity (Wildman–Crippen MR) is 79.3 cm³/mol. The molecule has 0 N–H and O–H groups in total. The van der Waals surface area contributed by atoms with Crippen LogP contribution < -0.4 is 0 Å². The van der Waals surface area contributed by atoms with E-state index in [0.29, 0.717) is 0 Å². The first-order chi connectivity index (χ1) is 7.79. The minimum atomic E-state index is -0.241. The molecule has 0 atom stereocenters. The third kappa shape index (κ3) is 3.59. The summed E-state index contributed by atoms with van der Waals surface area (Å²) in [7, 11) is -0.241. The molecule has 1 saturated carbocycles. The van der Waals surface area contributed by atoms with Crippen LogP contribution in [-0.4, -0.2) is 13.6 Å². The lowest BCUT2D eigenvalue weighted by Gasteiger charge is -2.36. The lowest BCUT2D eigenvalue weighted by atomic mass is 9.77. The summed E-state index contributed by atoms with van der Waals surface area (Å²) in [5.41, 5.74) is 0. The summed E-state index contributed by atoms with van der Waals surface area (Å²) in [6.07, 6.45) is 10.6. The van der Waals surface area contributed by atoms with Gasteiger partial charge in [-0.25, -0.2) is 0 Å². The van der Waals surface area contributed by atoms with Gasteiger partial charge in [-0.3, -0.25) is 0 Å². The van der Waals surface area contributed by atoms with Gasteiger partial charge < -0.3 is 0 Å². The van der Waals surface area contributed by atoms with Crippen molar-refractivity contribution < 1.29 is 0 Å². The molecule has 2 rings (SSSR count). The predicted octanol–water partition coefficient (Wildman–Crippen LogP) is 4.99.